The van der Waals surface area contributed by atoms with Gasteiger partial charge in [0.05, 0.1) is 28.8 Å². The second-order valence-electron chi connectivity index (χ2n) is 9.73. The van der Waals surface area contributed by atoms with Crippen molar-refractivity contribution in [1.29, 1.82) is 0 Å². The molecular weight excluding hydrogens is 440 g/mol. The Morgan fingerprint density at radius 1 is 1.12 bits per heavy atom. The molecule has 2 N–H and O–H groups in total. The molecule has 0 saturated carbocycles. The van der Waals surface area contributed by atoms with E-state index in [4.69, 9.17) is 5.10 Å². The zero-order valence-electron chi connectivity index (χ0n) is 19.9. The van der Waals surface area contributed by atoms with Crippen LogP contribution >= 0.6 is 11.8 Å². The lowest BCUT2D eigenvalue weighted by molar-refractivity contribution is -0.118. The Hall–Kier alpha value is -3.25. The van der Waals surface area contributed by atoms with Gasteiger partial charge in [0, 0.05) is 29.0 Å². The fourth-order valence-corrected chi connectivity index (χ4v) is 5.94. The van der Waals surface area contributed by atoms with Gasteiger partial charge in [0.1, 0.15) is 5.03 Å². The number of nitrogens with one attached hydrogen (secondary N) is 2. The van der Waals surface area contributed by atoms with Crippen LogP contribution in [0.1, 0.15) is 44.0 Å². The van der Waals surface area contributed by atoms with Gasteiger partial charge in [-0.15, -0.1) is 18.3 Å². The van der Waals surface area contributed by atoms with Crippen molar-refractivity contribution in [3.63, 3.8) is 0 Å². The maximum atomic E-state index is 13.7. The van der Waals surface area contributed by atoms with Crippen LogP contribution in [0.4, 0.5) is 11.4 Å². The lowest BCUT2D eigenvalue weighted by Crippen LogP contribution is -2.31. The number of rotatable bonds is 5. The van der Waals surface area contributed by atoms with Crippen LogP contribution in [0.15, 0.2) is 83.5 Å². The molecule has 2 aliphatic rings. The van der Waals surface area contributed by atoms with Crippen molar-refractivity contribution < 1.29 is 4.79 Å². The van der Waals surface area contributed by atoms with Gasteiger partial charge >= 0.3 is 0 Å². The Morgan fingerprint density at radius 3 is 2.56 bits per heavy atom. The van der Waals surface area contributed by atoms with E-state index in [2.05, 4.69) is 55.3 Å². The highest BCUT2D eigenvalue weighted by Gasteiger charge is 2.40. The molecule has 0 bridgehead atoms. The maximum absolute atomic E-state index is 13.7. The van der Waals surface area contributed by atoms with Crippen molar-refractivity contribution in [2.75, 3.05) is 16.4 Å². The molecule has 0 radical (unpaired) electrons. The van der Waals surface area contributed by atoms with E-state index in [0.717, 1.165) is 56.8 Å². The third kappa shape index (κ3) is 4.07. The molecule has 0 amide bonds. The van der Waals surface area contributed by atoms with E-state index >= 15 is 0 Å². The van der Waals surface area contributed by atoms with Crippen molar-refractivity contribution in [2.24, 2.45) is 5.41 Å². The molecule has 1 aliphatic heterocycles. The second-order valence-corrected chi connectivity index (χ2v) is 10.7. The van der Waals surface area contributed by atoms with Gasteiger partial charge in [0.15, 0.2) is 5.78 Å². The topological polar surface area (TPSA) is 58.9 Å². The number of nitrogens with zero attached hydrogens (tertiary/aromatic N) is 2. The first-order valence-electron chi connectivity index (χ1n) is 11.7. The van der Waals surface area contributed by atoms with Gasteiger partial charge in [-0.1, -0.05) is 50.3 Å². The van der Waals surface area contributed by atoms with Gasteiger partial charge < -0.3 is 10.6 Å². The van der Waals surface area contributed by atoms with E-state index in [9.17, 15) is 4.79 Å². The average molecular weight is 471 g/mol. The van der Waals surface area contributed by atoms with Crippen LogP contribution in [0.2, 0.25) is 0 Å². The number of para-hydroxylation sites is 3. The molecule has 1 unspecified atom stereocenters. The summed E-state index contributed by atoms with van der Waals surface area (Å²) in [6.45, 7) is 10.3. The van der Waals surface area contributed by atoms with E-state index in [-0.39, 0.29) is 17.2 Å². The number of fused-ring (bicyclic) bond motifs is 1. The van der Waals surface area contributed by atoms with Crippen LogP contribution in [0.5, 0.6) is 0 Å². The van der Waals surface area contributed by atoms with Crippen LogP contribution < -0.4 is 10.6 Å². The van der Waals surface area contributed by atoms with E-state index in [0.29, 0.717) is 6.42 Å². The molecule has 0 spiro atoms. The smallest absolute Gasteiger partial charge is 0.163 e. The van der Waals surface area contributed by atoms with Crippen molar-refractivity contribution in [3.8, 4) is 5.69 Å². The van der Waals surface area contributed by atoms with E-state index in [1.807, 2.05) is 48.0 Å². The number of Topliss-reactive ketones (excluding diaryl/α,β-unsaturated/α-hetero) is 1. The number of aromatic nitrogens is 2. The zero-order valence-corrected chi connectivity index (χ0v) is 20.7. The van der Waals surface area contributed by atoms with Crippen molar-refractivity contribution in [3.05, 3.63) is 89.8 Å². The summed E-state index contributed by atoms with van der Waals surface area (Å²) in [6.07, 6.45) is 3.26. The molecule has 2 aromatic carbocycles. The Balaban J connectivity index is 1.73. The molecule has 1 atom stereocenters. The zero-order chi connectivity index (χ0) is 23.9. The Bertz CT molecular complexity index is 1290. The summed E-state index contributed by atoms with van der Waals surface area (Å²) in [5, 5.41) is 13.3. The molecule has 174 valence electrons. The Labute approximate surface area is 205 Å². The lowest BCUT2D eigenvalue weighted by atomic mass is 9.73. The van der Waals surface area contributed by atoms with Crippen LogP contribution in [0, 0.1) is 12.3 Å². The van der Waals surface area contributed by atoms with Gasteiger partial charge in [-0.25, -0.2) is 4.68 Å². The number of thioether (sulfide) groups is 1. The number of hydrogen-bond donors (Lipinski definition) is 2. The minimum atomic E-state index is -0.292. The number of carbonyl (C=O) groups excluding carboxylic acids is 1. The lowest BCUT2D eigenvalue weighted by Gasteiger charge is -2.34. The second kappa shape index (κ2) is 8.84. The number of aryl methyl sites for hydroxylation is 1. The van der Waals surface area contributed by atoms with Gasteiger partial charge in [0.2, 0.25) is 0 Å². The molecule has 5 nitrogen and oxygen atoms in total. The highest BCUT2D eigenvalue weighted by molar-refractivity contribution is 7.99. The molecular formula is C28H30N4OS. The van der Waals surface area contributed by atoms with E-state index in [1.165, 1.54) is 0 Å². The molecule has 0 fully saturated rings. The van der Waals surface area contributed by atoms with Gasteiger partial charge in [-0.05, 0) is 43.0 Å². The van der Waals surface area contributed by atoms with Crippen LogP contribution in [0.25, 0.3) is 5.69 Å². The molecule has 2 heterocycles. The maximum Gasteiger partial charge on any atom is 0.163 e. The fourth-order valence-electron chi connectivity index (χ4n) is 4.98. The van der Waals surface area contributed by atoms with Crippen LogP contribution in [-0.2, 0) is 4.79 Å². The van der Waals surface area contributed by atoms with Crippen molar-refractivity contribution >= 4 is 28.9 Å². The van der Waals surface area contributed by atoms with Gasteiger partial charge in [-0.3, -0.25) is 4.79 Å². The standard InChI is InChI=1S/C28H30N4OS/c1-5-15-34-27-24(18(2)31-32(27)19-11-7-6-8-12-19)26-25-22(16-28(3,4)17-23(25)33)29-20-13-9-10-14-21(20)30-26/h5-14,26,29-30H,1,15-17H2,2-4H3. The minimum Gasteiger partial charge on any atom is -0.372 e. The SMILES string of the molecule is C=CCSc1c(C2Nc3ccccc3NC3=C2C(=O)CC(C)(C)C3)c(C)nn1-c1ccccc1. The summed E-state index contributed by atoms with van der Waals surface area (Å²) in [4.78, 5) is 13.7. The number of ketones is 1. The largest absolute Gasteiger partial charge is 0.372 e. The first-order valence-corrected chi connectivity index (χ1v) is 12.6. The number of allylic oxidation sites excluding steroid dienone is 1. The first-order chi connectivity index (χ1) is 16.4. The normalized spacial score (nSPS) is 18.9. The minimum absolute atomic E-state index is 0.0869. The molecule has 1 aliphatic carbocycles. The summed E-state index contributed by atoms with van der Waals surface area (Å²) in [6, 6.07) is 18.0. The predicted octanol–water partition coefficient (Wildman–Crippen LogP) is 6.68. The molecule has 5 rings (SSSR count). The van der Waals surface area contributed by atoms with Crippen molar-refractivity contribution in [1.82, 2.24) is 9.78 Å². The number of hydrogen-bond acceptors (Lipinski definition) is 5. The average Bonchev–Trinajstić information content (AvgIpc) is 3.03. The van der Waals surface area contributed by atoms with Crippen molar-refractivity contribution in [2.45, 2.75) is 44.7 Å². The molecule has 6 heteroatoms. The summed E-state index contributed by atoms with van der Waals surface area (Å²) in [5.41, 5.74) is 6.70. The predicted molar refractivity (Wildman–Crippen MR) is 141 cm³/mol. The summed E-state index contributed by atoms with van der Waals surface area (Å²) >= 11 is 1.70. The van der Waals surface area contributed by atoms with Crippen LogP contribution in [-0.4, -0.2) is 21.3 Å². The fraction of sp³-hybridized carbons (Fsp3) is 0.286. The third-order valence-corrected chi connectivity index (χ3v) is 7.48. The summed E-state index contributed by atoms with van der Waals surface area (Å²) < 4.78 is 2.00. The van der Waals surface area contributed by atoms with Crippen LogP contribution in [0.3, 0.4) is 0 Å². The highest BCUT2D eigenvalue weighted by atomic mass is 32.2. The Kier molecular flexibility index (Phi) is 5.86. The molecule has 1 aromatic heterocycles. The molecule has 0 saturated heterocycles. The monoisotopic (exact) mass is 470 g/mol. The van der Waals surface area contributed by atoms with E-state index in [1.54, 1.807) is 11.8 Å². The summed E-state index contributed by atoms with van der Waals surface area (Å²) in [7, 11) is 0. The molecule has 34 heavy (non-hydrogen) atoms. The number of anilines is 2. The molecule has 3 aromatic rings. The highest BCUT2D eigenvalue weighted by Crippen LogP contribution is 2.47. The summed E-state index contributed by atoms with van der Waals surface area (Å²) in [5.74, 6) is 0.940. The van der Waals surface area contributed by atoms with E-state index < -0.39 is 0 Å². The number of benzene rings is 2. The van der Waals surface area contributed by atoms with Gasteiger partial charge in [0.25, 0.3) is 0 Å². The quantitative estimate of drug-likeness (QED) is 0.322. The van der Waals surface area contributed by atoms with Gasteiger partial charge in [-0.2, -0.15) is 5.10 Å². The third-order valence-electron chi connectivity index (χ3n) is 6.41. The first kappa shape index (κ1) is 22.5. The number of carbonyl (C=O) groups is 1. The Morgan fingerprint density at radius 2 is 1.82 bits per heavy atom.